The first-order valence-corrected chi connectivity index (χ1v) is 6.60. The minimum Gasteiger partial charge on any atom is -0.339 e. The molecule has 5 heteroatoms. The van der Waals surface area contributed by atoms with Gasteiger partial charge in [0.1, 0.15) is 11.6 Å². The van der Waals surface area contributed by atoms with Crippen LogP contribution in [0.4, 0.5) is 4.39 Å². The molecule has 0 spiro atoms. The highest BCUT2D eigenvalue weighted by Crippen LogP contribution is 2.10. The number of halogens is 1. The molecule has 0 aliphatic heterocycles. The van der Waals surface area contributed by atoms with Crippen LogP contribution in [-0.4, -0.2) is 15.9 Å². The monoisotopic (exact) mass is 276 g/mol. The smallest absolute Gasteiger partial charge is 0.234 e. The summed E-state index contributed by atoms with van der Waals surface area (Å²) in [6.07, 6.45) is 1.05. The van der Waals surface area contributed by atoms with Gasteiger partial charge in [0.05, 0.1) is 6.42 Å². The van der Waals surface area contributed by atoms with Gasteiger partial charge in [-0.25, -0.2) is 4.39 Å². The molecule has 0 atom stereocenters. The van der Waals surface area contributed by atoms with E-state index in [1.807, 2.05) is 13.8 Å². The Morgan fingerprint density at radius 2 is 2.20 bits per heavy atom. The highest BCUT2D eigenvalue weighted by atomic mass is 19.1. The lowest BCUT2D eigenvalue weighted by atomic mass is 10.1. The molecule has 0 bridgehead atoms. The van der Waals surface area contributed by atoms with E-state index in [1.165, 1.54) is 12.1 Å². The summed E-state index contributed by atoms with van der Waals surface area (Å²) in [6, 6.07) is 6.25. The van der Waals surface area contributed by atoms with E-state index < -0.39 is 0 Å². The summed E-state index contributed by atoms with van der Waals surface area (Å²) >= 11 is 0. The van der Waals surface area contributed by atoms with Crippen molar-refractivity contribution in [1.82, 2.24) is 10.1 Å². The average Bonchev–Trinajstić information content (AvgIpc) is 2.75. The number of nitrogens with zero attached hydrogens (tertiary/aromatic N) is 2. The molecule has 0 saturated heterocycles. The molecule has 20 heavy (non-hydrogen) atoms. The molecule has 0 unspecified atom stereocenters. The van der Waals surface area contributed by atoms with Gasteiger partial charge in [0.25, 0.3) is 0 Å². The molecule has 1 aromatic heterocycles. The largest absolute Gasteiger partial charge is 0.339 e. The van der Waals surface area contributed by atoms with Crippen LogP contribution in [0.25, 0.3) is 0 Å². The first kappa shape index (κ1) is 14.4. The number of hydrogen-bond acceptors (Lipinski definition) is 4. The van der Waals surface area contributed by atoms with E-state index in [9.17, 15) is 9.18 Å². The highest BCUT2D eigenvalue weighted by molar-refractivity contribution is 5.80. The Labute approximate surface area is 117 Å². The quantitative estimate of drug-likeness (QED) is 0.814. The van der Waals surface area contributed by atoms with Crippen molar-refractivity contribution in [3.63, 3.8) is 0 Å². The van der Waals surface area contributed by atoms with Gasteiger partial charge < -0.3 is 4.52 Å². The van der Waals surface area contributed by atoms with Crippen LogP contribution in [0.15, 0.2) is 28.8 Å². The summed E-state index contributed by atoms with van der Waals surface area (Å²) in [6.45, 7) is 3.97. The van der Waals surface area contributed by atoms with E-state index in [0.29, 0.717) is 30.5 Å². The predicted octanol–water partition coefficient (Wildman–Crippen LogP) is 2.96. The van der Waals surface area contributed by atoms with Crippen molar-refractivity contribution in [1.29, 1.82) is 0 Å². The van der Waals surface area contributed by atoms with Crippen molar-refractivity contribution >= 4 is 5.78 Å². The fourth-order valence-electron chi connectivity index (χ4n) is 1.96. The maximum Gasteiger partial charge on any atom is 0.234 e. The lowest BCUT2D eigenvalue weighted by Crippen LogP contribution is -2.06. The number of carbonyl (C=O) groups is 1. The molecule has 0 amide bonds. The molecule has 0 saturated carbocycles. The third kappa shape index (κ3) is 4.26. The number of aromatic nitrogens is 2. The fraction of sp³-hybridized carbons (Fsp3) is 0.400. The van der Waals surface area contributed by atoms with E-state index in [4.69, 9.17) is 4.52 Å². The van der Waals surface area contributed by atoms with Crippen LogP contribution in [0, 0.1) is 11.7 Å². The molecule has 0 aliphatic carbocycles. The Morgan fingerprint density at radius 3 is 2.90 bits per heavy atom. The molecule has 1 aromatic carbocycles. The van der Waals surface area contributed by atoms with Crippen molar-refractivity contribution in [2.24, 2.45) is 5.92 Å². The molecule has 1 heterocycles. The third-order valence-corrected chi connectivity index (χ3v) is 2.75. The van der Waals surface area contributed by atoms with Crippen LogP contribution in [-0.2, 0) is 17.6 Å². The summed E-state index contributed by atoms with van der Waals surface area (Å²) in [5.74, 6) is 0.890. The summed E-state index contributed by atoms with van der Waals surface area (Å²) in [5, 5.41) is 3.81. The zero-order chi connectivity index (χ0) is 14.5. The molecule has 0 fully saturated rings. The number of carbonyl (C=O) groups excluding carboxylic acids is 1. The average molecular weight is 276 g/mol. The predicted molar refractivity (Wildman–Crippen MR) is 71.7 cm³/mol. The number of Topliss-reactive ketones (excluding diaryl/α,β-unsaturated/α-hetero) is 1. The molecule has 4 nitrogen and oxygen atoms in total. The fourth-order valence-corrected chi connectivity index (χ4v) is 1.96. The molecule has 0 radical (unpaired) electrons. The number of ketones is 1. The Balaban J connectivity index is 1.97. The topological polar surface area (TPSA) is 56.0 Å². The Kier molecular flexibility index (Phi) is 4.61. The van der Waals surface area contributed by atoms with Gasteiger partial charge in [-0.3, -0.25) is 4.79 Å². The van der Waals surface area contributed by atoms with Crippen LogP contribution in [0.3, 0.4) is 0 Å². The van der Waals surface area contributed by atoms with E-state index in [1.54, 1.807) is 12.1 Å². The van der Waals surface area contributed by atoms with Gasteiger partial charge >= 0.3 is 0 Å². The summed E-state index contributed by atoms with van der Waals surface area (Å²) in [5.41, 5.74) is 0.769. The normalized spacial score (nSPS) is 11.0. The van der Waals surface area contributed by atoms with Crippen molar-refractivity contribution < 1.29 is 13.7 Å². The second-order valence-corrected chi connectivity index (χ2v) is 5.22. The van der Waals surface area contributed by atoms with Crippen molar-refractivity contribution in [2.45, 2.75) is 33.1 Å². The first-order valence-electron chi connectivity index (χ1n) is 6.60. The SMILES string of the molecule is CC(C)CC(=O)Cc1nc(Cc2cccc(F)c2)no1. The standard InChI is InChI=1S/C15H17FN2O2/c1-10(2)6-13(19)9-15-17-14(18-20-15)8-11-4-3-5-12(16)7-11/h3-5,7,10H,6,8-9H2,1-2H3. The highest BCUT2D eigenvalue weighted by Gasteiger charge is 2.13. The maximum absolute atomic E-state index is 13.1. The van der Waals surface area contributed by atoms with E-state index in [2.05, 4.69) is 10.1 Å². The zero-order valence-electron chi connectivity index (χ0n) is 11.6. The Bertz CT molecular complexity index is 593. The Hall–Kier alpha value is -2.04. The number of rotatable bonds is 6. The lowest BCUT2D eigenvalue weighted by Gasteiger charge is -2.00. The van der Waals surface area contributed by atoms with Gasteiger partial charge in [-0.15, -0.1) is 0 Å². The van der Waals surface area contributed by atoms with Crippen LogP contribution < -0.4 is 0 Å². The van der Waals surface area contributed by atoms with Crippen LogP contribution in [0.1, 0.15) is 37.5 Å². The van der Waals surface area contributed by atoms with Gasteiger partial charge in [0, 0.05) is 12.8 Å². The van der Waals surface area contributed by atoms with Crippen molar-refractivity contribution in [3.05, 3.63) is 47.4 Å². The van der Waals surface area contributed by atoms with Gasteiger partial charge in [-0.05, 0) is 23.6 Å². The maximum atomic E-state index is 13.1. The molecule has 2 rings (SSSR count). The summed E-state index contributed by atoms with van der Waals surface area (Å²) < 4.78 is 18.1. The Morgan fingerprint density at radius 1 is 1.40 bits per heavy atom. The molecular weight excluding hydrogens is 259 g/mol. The van der Waals surface area contributed by atoms with Gasteiger partial charge in [-0.1, -0.05) is 31.1 Å². The first-order chi connectivity index (χ1) is 9.52. The minimum atomic E-state index is -0.293. The van der Waals surface area contributed by atoms with Gasteiger partial charge in [-0.2, -0.15) is 4.98 Å². The lowest BCUT2D eigenvalue weighted by molar-refractivity contribution is -0.119. The summed E-state index contributed by atoms with van der Waals surface area (Å²) in [7, 11) is 0. The van der Waals surface area contributed by atoms with Crippen LogP contribution in [0.5, 0.6) is 0 Å². The molecular formula is C15H17FN2O2. The second-order valence-electron chi connectivity index (χ2n) is 5.22. The van der Waals surface area contributed by atoms with Crippen molar-refractivity contribution in [2.75, 3.05) is 0 Å². The van der Waals surface area contributed by atoms with Gasteiger partial charge in [0.2, 0.25) is 5.89 Å². The molecule has 2 aromatic rings. The third-order valence-electron chi connectivity index (χ3n) is 2.75. The molecule has 0 aliphatic rings. The molecule has 0 N–H and O–H groups in total. The zero-order valence-corrected chi connectivity index (χ0v) is 11.6. The number of hydrogen-bond donors (Lipinski definition) is 0. The van der Waals surface area contributed by atoms with E-state index >= 15 is 0 Å². The van der Waals surface area contributed by atoms with Crippen LogP contribution in [0.2, 0.25) is 0 Å². The molecule has 106 valence electrons. The van der Waals surface area contributed by atoms with E-state index in [0.717, 1.165) is 5.56 Å². The minimum absolute atomic E-state index is 0.0842. The van der Waals surface area contributed by atoms with Crippen LogP contribution >= 0.6 is 0 Å². The van der Waals surface area contributed by atoms with Crippen molar-refractivity contribution in [3.8, 4) is 0 Å². The van der Waals surface area contributed by atoms with Gasteiger partial charge in [0.15, 0.2) is 5.82 Å². The number of benzene rings is 1. The second kappa shape index (κ2) is 6.41. The summed E-state index contributed by atoms with van der Waals surface area (Å²) in [4.78, 5) is 15.8. The van der Waals surface area contributed by atoms with E-state index in [-0.39, 0.29) is 18.0 Å².